The van der Waals surface area contributed by atoms with Crippen LogP contribution in [0.4, 0.5) is 0 Å². The SMILES string of the molecule is COc1ccc(C(C)NC(=O)c2c(-c3ccc(Br)cc3)nn(C3CCCC3)c2C)c(OC)c1. The summed E-state index contributed by atoms with van der Waals surface area (Å²) < 4.78 is 13.9. The summed E-state index contributed by atoms with van der Waals surface area (Å²) in [6.45, 7) is 3.96. The van der Waals surface area contributed by atoms with Gasteiger partial charge in [-0.25, -0.2) is 0 Å². The maximum Gasteiger partial charge on any atom is 0.255 e. The molecule has 1 unspecified atom stereocenters. The van der Waals surface area contributed by atoms with Crippen LogP contribution in [0.1, 0.15) is 66.3 Å². The molecule has 1 N–H and O–H groups in total. The van der Waals surface area contributed by atoms with E-state index in [1.54, 1.807) is 14.2 Å². The van der Waals surface area contributed by atoms with E-state index in [0.717, 1.165) is 39.8 Å². The highest BCUT2D eigenvalue weighted by Gasteiger charge is 2.28. The second kappa shape index (κ2) is 10.00. The maximum atomic E-state index is 13.6. The van der Waals surface area contributed by atoms with Gasteiger partial charge in [-0.3, -0.25) is 9.48 Å². The molecule has 0 radical (unpaired) electrons. The average molecular weight is 512 g/mol. The van der Waals surface area contributed by atoms with E-state index in [1.807, 2.05) is 56.3 Å². The van der Waals surface area contributed by atoms with Crippen LogP contribution in [-0.4, -0.2) is 29.9 Å². The molecule has 6 nitrogen and oxygen atoms in total. The van der Waals surface area contributed by atoms with Crippen molar-refractivity contribution in [3.05, 3.63) is 63.8 Å². The molecular formula is C26H30BrN3O3. The molecular weight excluding hydrogens is 482 g/mol. The van der Waals surface area contributed by atoms with Crippen LogP contribution in [-0.2, 0) is 0 Å². The Morgan fingerprint density at radius 3 is 2.45 bits per heavy atom. The normalized spacial score (nSPS) is 14.8. The number of nitrogens with zero attached hydrogens (tertiary/aromatic N) is 2. The zero-order chi connectivity index (χ0) is 23.5. The molecule has 1 aliphatic carbocycles. The summed E-state index contributed by atoms with van der Waals surface area (Å²) in [4.78, 5) is 13.6. The first-order chi connectivity index (χ1) is 15.9. The van der Waals surface area contributed by atoms with Crippen molar-refractivity contribution in [3.8, 4) is 22.8 Å². The minimum absolute atomic E-state index is 0.139. The number of hydrogen-bond donors (Lipinski definition) is 1. The number of aromatic nitrogens is 2. The summed E-state index contributed by atoms with van der Waals surface area (Å²) in [5.41, 5.74) is 4.07. The zero-order valence-electron chi connectivity index (χ0n) is 19.5. The molecule has 1 amide bonds. The van der Waals surface area contributed by atoms with Crippen LogP contribution in [0.2, 0.25) is 0 Å². The van der Waals surface area contributed by atoms with Crippen molar-refractivity contribution >= 4 is 21.8 Å². The minimum atomic E-state index is -0.259. The van der Waals surface area contributed by atoms with Gasteiger partial charge in [-0.15, -0.1) is 0 Å². The summed E-state index contributed by atoms with van der Waals surface area (Å²) in [6, 6.07) is 13.7. The summed E-state index contributed by atoms with van der Waals surface area (Å²) in [5, 5.41) is 8.12. The molecule has 2 aromatic carbocycles. The smallest absolute Gasteiger partial charge is 0.255 e. The van der Waals surface area contributed by atoms with Crippen molar-refractivity contribution < 1.29 is 14.3 Å². The molecule has 33 heavy (non-hydrogen) atoms. The molecule has 1 aromatic heterocycles. The zero-order valence-corrected chi connectivity index (χ0v) is 21.1. The lowest BCUT2D eigenvalue weighted by Crippen LogP contribution is -2.28. The van der Waals surface area contributed by atoms with E-state index >= 15 is 0 Å². The van der Waals surface area contributed by atoms with Crippen LogP contribution >= 0.6 is 15.9 Å². The largest absolute Gasteiger partial charge is 0.497 e. The van der Waals surface area contributed by atoms with Crippen molar-refractivity contribution in [1.29, 1.82) is 0 Å². The van der Waals surface area contributed by atoms with Crippen LogP contribution in [0, 0.1) is 6.92 Å². The molecule has 1 heterocycles. The Balaban J connectivity index is 1.69. The topological polar surface area (TPSA) is 65.4 Å². The number of carbonyl (C=O) groups is 1. The van der Waals surface area contributed by atoms with E-state index in [0.29, 0.717) is 23.1 Å². The Morgan fingerprint density at radius 1 is 1.12 bits per heavy atom. The van der Waals surface area contributed by atoms with Crippen LogP contribution in [0.3, 0.4) is 0 Å². The minimum Gasteiger partial charge on any atom is -0.497 e. The van der Waals surface area contributed by atoms with Crippen molar-refractivity contribution in [1.82, 2.24) is 15.1 Å². The summed E-state index contributed by atoms with van der Waals surface area (Å²) in [5.74, 6) is 1.24. The number of benzene rings is 2. The van der Waals surface area contributed by atoms with Gasteiger partial charge in [-0.2, -0.15) is 5.10 Å². The van der Waals surface area contributed by atoms with Gasteiger partial charge in [0.2, 0.25) is 0 Å². The number of halogens is 1. The fraction of sp³-hybridized carbons (Fsp3) is 0.385. The molecule has 0 saturated heterocycles. The Kier molecular flexibility index (Phi) is 7.08. The lowest BCUT2D eigenvalue weighted by molar-refractivity contribution is 0.0939. The molecule has 174 valence electrons. The first-order valence-electron chi connectivity index (χ1n) is 11.3. The van der Waals surface area contributed by atoms with Crippen LogP contribution in [0.15, 0.2) is 46.9 Å². The van der Waals surface area contributed by atoms with Gasteiger partial charge in [-0.05, 0) is 51.0 Å². The Labute approximate surface area is 203 Å². The van der Waals surface area contributed by atoms with E-state index in [4.69, 9.17) is 14.6 Å². The second-order valence-electron chi connectivity index (χ2n) is 8.50. The van der Waals surface area contributed by atoms with Crippen molar-refractivity contribution in [3.63, 3.8) is 0 Å². The molecule has 1 aliphatic rings. The fourth-order valence-corrected chi connectivity index (χ4v) is 4.89. The van der Waals surface area contributed by atoms with E-state index in [9.17, 15) is 4.79 Å². The van der Waals surface area contributed by atoms with Crippen molar-refractivity contribution in [2.75, 3.05) is 14.2 Å². The van der Waals surface area contributed by atoms with Gasteiger partial charge in [0.25, 0.3) is 5.91 Å². The third-order valence-corrected chi connectivity index (χ3v) is 6.95. The summed E-state index contributed by atoms with van der Waals surface area (Å²) in [6.07, 6.45) is 4.60. The van der Waals surface area contributed by atoms with Gasteiger partial charge in [0.15, 0.2) is 0 Å². The Hall–Kier alpha value is -2.80. The van der Waals surface area contributed by atoms with E-state index in [-0.39, 0.29) is 11.9 Å². The van der Waals surface area contributed by atoms with Gasteiger partial charge in [0.05, 0.1) is 31.9 Å². The average Bonchev–Trinajstić information content (AvgIpc) is 3.47. The number of rotatable bonds is 7. The lowest BCUT2D eigenvalue weighted by atomic mass is 10.0. The van der Waals surface area contributed by atoms with E-state index in [1.165, 1.54) is 12.8 Å². The molecule has 0 bridgehead atoms. The van der Waals surface area contributed by atoms with Crippen molar-refractivity contribution in [2.24, 2.45) is 0 Å². The first-order valence-corrected chi connectivity index (χ1v) is 12.1. The van der Waals surface area contributed by atoms with E-state index < -0.39 is 0 Å². The molecule has 4 rings (SSSR count). The quantitative estimate of drug-likeness (QED) is 0.407. The summed E-state index contributed by atoms with van der Waals surface area (Å²) in [7, 11) is 3.24. The Morgan fingerprint density at radius 2 is 1.82 bits per heavy atom. The van der Waals surface area contributed by atoms with Crippen LogP contribution in [0.25, 0.3) is 11.3 Å². The number of carbonyl (C=O) groups excluding carboxylic acids is 1. The predicted octanol–water partition coefficient (Wildman–Crippen LogP) is 6.24. The molecule has 1 atom stereocenters. The van der Waals surface area contributed by atoms with Gasteiger partial charge in [0.1, 0.15) is 17.2 Å². The molecule has 1 fully saturated rings. The van der Waals surface area contributed by atoms with Gasteiger partial charge in [0, 0.05) is 27.4 Å². The maximum absolute atomic E-state index is 13.6. The highest BCUT2D eigenvalue weighted by molar-refractivity contribution is 9.10. The van der Waals surface area contributed by atoms with Crippen LogP contribution in [0.5, 0.6) is 11.5 Å². The first kappa shape index (κ1) is 23.4. The summed E-state index contributed by atoms with van der Waals surface area (Å²) >= 11 is 3.50. The lowest BCUT2D eigenvalue weighted by Gasteiger charge is -2.18. The second-order valence-corrected chi connectivity index (χ2v) is 9.42. The molecule has 0 aliphatic heterocycles. The van der Waals surface area contributed by atoms with E-state index in [2.05, 4.69) is 25.9 Å². The number of methoxy groups -OCH3 is 2. The van der Waals surface area contributed by atoms with Crippen molar-refractivity contribution in [2.45, 2.75) is 51.6 Å². The van der Waals surface area contributed by atoms with Gasteiger partial charge >= 0.3 is 0 Å². The number of hydrogen-bond acceptors (Lipinski definition) is 4. The molecule has 0 spiro atoms. The number of ether oxygens (including phenoxy) is 2. The Bertz CT molecular complexity index is 1130. The third-order valence-electron chi connectivity index (χ3n) is 6.42. The number of nitrogens with one attached hydrogen (secondary N) is 1. The molecule has 1 saturated carbocycles. The van der Waals surface area contributed by atoms with Gasteiger partial charge in [-0.1, -0.05) is 40.9 Å². The molecule has 7 heteroatoms. The predicted molar refractivity (Wildman–Crippen MR) is 133 cm³/mol. The van der Waals surface area contributed by atoms with Crippen LogP contribution < -0.4 is 14.8 Å². The monoisotopic (exact) mass is 511 g/mol. The third kappa shape index (κ3) is 4.78. The standard InChI is InChI=1S/C26H30BrN3O3/c1-16(22-14-13-21(32-3)15-23(22)33-4)28-26(31)24-17(2)30(20-7-5-6-8-20)29-25(24)18-9-11-19(27)12-10-18/h9-16,20H,5-8H2,1-4H3,(H,28,31). The highest BCUT2D eigenvalue weighted by atomic mass is 79.9. The molecule has 3 aromatic rings. The highest BCUT2D eigenvalue weighted by Crippen LogP contribution is 2.35. The van der Waals surface area contributed by atoms with Gasteiger partial charge < -0.3 is 14.8 Å². The fourth-order valence-electron chi connectivity index (χ4n) is 4.63. The number of amides is 1.